The lowest BCUT2D eigenvalue weighted by atomic mass is 10.5. The Balaban J connectivity index is 3.66. The van der Waals surface area contributed by atoms with Gasteiger partial charge in [0.05, 0.1) is 6.54 Å². The molecule has 0 spiro atoms. The first-order valence-electron chi connectivity index (χ1n) is 5.06. The van der Waals surface area contributed by atoms with Gasteiger partial charge in [0.2, 0.25) is 0 Å². The Morgan fingerprint density at radius 3 is 2.19 bits per heavy atom. The van der Waals surface area contributed by atoms with Crippen LogP contribution in [0.2, 0.25) is 0 Å². The second-order valence-corrected chi connectivity index (χ2v) is 3.46. The molecule has 0 saturated heterocycles. The zero-order valence-electron chi connectivity index (χ0n) is 9.47. The molecule has 6 nitrogen and oxygen atoms in total. The van der Waals surface area contributed by atoms with Crippen LogP contribution in [0.5, 0.6) is 0 Å². The summed E-state index contributed by atoms with van der Waals surface area (Å²) in [5, 5.41) is 0. The van der Waals surface area contributed by atoms with Gasteiger partial charge in [-0.3, -0.25) is 0 Å². The number of rotatable bonds is 4. The molecule has 16 heavy (non-hydrogen) atoms. The van der Waals surface area contributed by atoms with E-state index in [1.54, 1.807) is 0 Å². The number of hydrogen-bond acceptors (Lipinski definition) is 3. The quantitative estimate of drug-likeness (QED) is 0.637. The van der Waals surface area contributed by atoms with Crippen molar-refractivity contribution in [3.63, 3.8) is 0 Å². The summed E-state index contributed by atoms with van der Waals surface area (Å²) >= 11 is 0. The molecule has 0 aliphatic heterocycles. The van der Waals surface area contributed by atoms with Gasteiger partial charge in [-0.25, -0.2) is 28.1 Å². The van der Waals surface area contributed by atoms with Crippen LogP contribution in [-0.2, 0) is 20.1 Å². The predicted molar refractivity (Wildman–Crippen MR) is 60.7 cm³/mol. The monoisotopic (exact) mass is 225 g/mol. The summed E-state index contributed by atoms with van der Waals surface area (Å²) in [5.74, 6) is 0. The lowest BCUT2D eigenvalue weighted by molar-refractivity contribution is 0.487. The van der Waals surface area contributed by atoms with Crippen molar-refractivity contribution in [1.82, 2.24) is 13.7 Å². The third-order valence-corrected chi connectivity index (χ3v) is 2.26. The summed E-state index contributed by atoms with van der Waals surface area (Å²) in [6.45, 7) is 5.74. The Bertz CT molecular complexity index is 562. The highest BCUT2D eigenvalue weighted by atomic mass is 16.2. The van der Waals surface area contributed by atoms with E-state index in [9.17, 15) is 14.4 Å². The molecule has 0 bridgehead atoms. The molecule has 0 aliphatic rings. The second-order valence-electron chi connectivity index (χ2n) is 3.46. The maximum atomic E-state index is 11.8. The number of hydrogen-bond donors (Lipinski definition) is 0. The van der Waals surface area contributed by atoms with Crippen LogP contribution in [-0.4, -0.2) is 13.7 Å². The average Bonchev–Trinajstić information content (AvgIpc) is 2.28. The molecule has 0 aliphatic carbocycles. The minimum atomic E-state index is -0.609. The Kier molecular flexibility index (Phi) is 3.65. The van der Waals surface area contributed by atoms with Crippen LogP contribution in [0.25, 0.3) is 0 Å². The van der Waals surface area contributed by atoms with Crippen LogP contribution in [0.15, 0.2) is 27.0 Å². The molecule has 0 aromatic carbocycles. The Hall–Kier alpha value is -1.85. The first-order valence-corrected chi connectivity index (χ1v) is 5.06. The van der Waals surface area contributed by atoms with Gasteiger partial charge in [-0.15, -0.1) is 6.58 Å². The van der Waals surface area contributed by atoms with Crippen molar-refractivity contribution in [2.75, 3.05) is 0 Å². The van der Waals surface area contributed by atoms with Gasteiger partial charge in [0.1, 0.15) is 0 Å². The van der Waals surface area contributed by atoms with Gasteiger partial charge < -0.3 is 0 Å². The highest BCUT2D eigenvalue weighted by molar-refractivity contribution is 4.81. The summed E-state index contributed by atoms with van der Waals surface area (Å²) in [5.41, 5.74) is -1.76. The van der Waals surface area contributed by atoms with Gasteiger partial charge >= 0.3 is 17.1 Å². The van der Waals surface area contributed by atoms with Crippen molar-refractivity contribution < 1.29 is 0 Å². The third-order valence-electron chi connectivity index (χ3n) is 2.26. The molecule has 1 aromatic heterocycles. The topological polar surface area (TPSA) is 66.0 Å². The molecule has 0 radical (unpaired) electrons. The van der Waals surface area contributed by atoms with E-state index in [-0.39, 0.29) is 6.54 Å². The molecule has 1 rings (SSSR count). The van der Waals surface area contributed by atoms with Gasteiger partial charge in [-0.05, 0) is 6.42 Å². The number of aromatic nitrogens is 3. The fourth-order valence-electron chi connectivity index (χ4n) is 1.45. The summed E-state index contributed by atoms with van der Waals surface area (Å²) < 4.78 is 2.98. The van der Waals surface area contributed by atoms with Crippen LogP contribution in [0.1, 0.15) is 13.3 Å². The lowest BCUT2D eigenvalue weighted by Gasteiger charge is -2.09. The van der Waals surface area contributed by atoms with Gasteiger partial charge in [-0.1, -0.05) is 13.0 Å². The molecular weight excluding hydrogens is 210 g/mol. The van der Waals surface area contributed by atoms with E-state index >= 15 is 0 Å². The second kappa shape index (κ2) is 4.78. The molecule has 1 aromatic rings. The molecule has 0 N–H and O–H groups in total. The molecule has 0 unspecified atom stereocenters. The van der Waals surface area contributed by atoms with Gasteiger partial charge in [0.25, 0.3) is 0 Å². The minimum Gasteiger partial charge on any atom is -0.248 e. The summed E-state index contributed by atoms with van der Waals surface area (Å²) in [4.78, 5) is 35.1. The molecular formula is C10H15N3O3. The van der Waals surface area contributed by atoms with E-state index in [1.165, 1.54) is 13.1 Å². The largest absolute Gasteiger partial charge is 0.336 e. The van der Waals surface area contributed by atoms with Gasteiger partial charge in [-0.2, -0.15) is 0 Å². The van der Waals surface area contributed by atoms with Crippen molar-refractivity contribution in [1.29, 1.82) is 0 Å². The molecule has 0 saturated carbocycles. The SMILES string of the molecule is C=CCn1c(=O)n(C)c(=O)n(CCC)c1=O. The van der Waals surface area contributed by atoms with Crippen molar-refractivity contribution in [2.45, 2.75) is 26.4 Å². The van der Waals surface area contributed by atoms with E-state index in [1.807, 2.05) is 6.92 Å². The lowest BCUT2D eigenvalue weighted by Crippen LogP contribution is -2.53. The van der Waals surface area contributed by atoms with E-state index in [4.69, 9.17) is 0 Å². The number of allylic oxidation sites excluding steroid dienone is 1. The van der Waals surface area contributed by atoms with Crippen LogP contribution in [0.4, 0.5) is 0 Å². The third kappa shape index (κ3) is 1.91. The summed E-state index contributed by atoms with van der Waals surface area (Å²) in [6.07, 6.45) is 2.10. The predicted octanol–water partition coefficient (Wildman–Crippen LogP) is -0.695. The Labute approximate surface area is 92.1 Å². The van der Waals surface area contributed by atoms with E-state index in [0.29, 0.717) is 13.0 Å². The van der Waals surface area contributed by atoms with Crippen molar-refractivity contribution in [3.8, 4) is 0 Å². The fraction of sp³-hybridized carbons (Fsp3) is 0.500. The molecule has 6 heteroatoms. The normalized spacial score (nSPS) is 10.4. The maximum Gasteiger partial charge on any atom is 0.336 e. The molecule has 0 fully saturated rings. The van der Waals surface area contributed by atoms with Crippen molar-refractivity contribution in [2.24, 2.45) is 7.05 Å². The van der Waals surface area contributed by atoms with Gasteiger partial charge in [0.15, 0.2) is 0 Å². The highest BCUT2D eigenvalue weighted by Gasteiger charge is 2.10. The number of nitrogens with zero attached hydrogens (tertiary/aromatic N) is 3. The molecule has 1 heterocycles. The van der Waals surface area contributed by atoms with Crippen LogP contribution in [0, 0.1) is 0 Å². The first kappa shape index (κ1) is 12.2. The first-order chi connectivity index (χ1) is 7.54. The van der Waals surface area contributed by atoms with Crippen LogP contribution < -0.4 is 17.1 Å². The zero-order chi connectivity index (χ0) is 12.3. The van der Waals surface area contributed by atoms with E-state index in [2.05, 4.69) is 6.58 Å². The standard InChI is InChI=1S/C10H15N3O3/c1-4-6-12-8(14)11(3)9(15)13(7-5-2)10(12)16/h4H,1,5-7H2,2-3H3. The Morgan fingerprint density at radius 1 is 1.12 bits per heavy atom. The molecule has 88 valence electrons. The van der Waals surface area contributed by atoms with Gasteiger partial charge in [0, 0.05) is 13.6 Å². The zero-order valence-corrected chi connectivity index (χ0v) is 9.47. The maximum absolute atomic E-state index is 11.8. The van der Waals surface area contributed by atoms with Crippen molar-refractivity contribution >= 4 is 0 Å². The average molecular weight is 225 g/mol. The van der Waals surface area contributed by atoms with E-state index < -0.39 is 17.1 Å². The van der Waals surface area contributed by atoms with E-state index in [0.717, 1.165) is 13.7 Å². The highest BCUT2D eigenvalue weighted by Crippen LogP contribution is 1.79. The van der Waals surface area contributed by atoms with Crippen molar-refractivity contribution in [3.05, 3.63) is 44.1 Å². The molecule has 0 atom stereocenters. The molecule has 0 amide bonds. The van der Waals surface area contributed by atoms with Crippen LogP contribution >= 0.6 is 0 Å². The smallest absolute Gasteiger partial charge is 0.248 e. The van der Waals surface area contributed by atoms with Crippen LogP contribution in [0.3, 0.4) is 0 Å². The summed E-state index contributed by atoms with van der Waals surface area (Å²) in [6, 6.07) is 0. The minimum absolute atomic E-state index is 0.107. The fourth-order valence-corrected chi connectivity index (χ4v) is 1.45. The Morgan fingerprint density at radius 2 is 1.69 bits per heavy atom. The summed E-state index contributed by atoms with van der Waals surface area (Å²) in [7, 11) is 1.36.